The van der Waals surface area contributed by atoms with Crippen molar-refractivity contribution < 1.29 is 14.7 Å². The zero-order chi connectivity index (χ0) is 14.0. The molecule has 6 heteroatoms. The van der Waals surface area contributed by atoms with Crippen molar-refractivity contribution in [3.8, 4) is 0 Å². The third kappa shape index (κ3) is 3.37. The van der Waals surface area contributed by atoms with Gasteiger partial charge in [-0.05, 0) is 25.7 Å². The van der Waals surface area contributed by atoms with Crippen molar-refractivity contribution in [1.82, 2.24) is 15.1 Å². The average molecular weight is 269 g/mol. The standard InChI is InChI=1S/C13H23N3O3/c1-9-7-11(8-9)14-13(19)16-5-3-15(4-6-16)10(2)12(17)18/h9-11H,3-8H2,1-2H3,(H,14,19)(H,17,18). The van der Waals surface area contributed by atoms with Crippen molar-refractivity contribution in [3.05, 3.63) is 0 Å². The van der Waals surface area contributed by atoms with Crippen molar-refractivity contribution in [3.63, 3.8) is 0 Å². The van der Waals surface area contributed by atoms with Gasteiger partial charge in [0.05, 0.1) is 0 Å². The van der Waals surface area contributed by atoms with E-state index in [9.17, 15) is 9.59 Å². The first-order valence-corrected chi connectivity index (χ1v) is 6.99. The zero-order valence-electron chi connectivity index (χ0n) is 11.6. The summed E-state index contributed by atoms with van der Waals surface area (Å²) in [6.45, 7) is 6.34. The van der Waals surface area contributed by atoms with Crippen LogP contribution in [0.15, 0.2) is 0 Å². The Bertz CT molecular complexity index is 347. The van der Waals surface area contributed by atoms with E-state index in [1.54, 1.807) is 11.8 Å². The predicted octanol–water partition coefficient (Wildman–Crippen LogP) is 0.585. The minimum atomic E-state index is -0.804. The van der Waals surface area contributed by atoms with Crippen LogP contribution in [0.4, 0.5) is 4.79 Å². The zero-order valence-corrected chi connectivity index (χ0v) is 11.6. The van der Waals surface area contributed by atoms with Crippen LogP contribution in [0.25, 0.3) is 0 Å². The van der Waals surface area contributed by atoms with E-state index in [1.807, 2.05) is 4.90 Å². The topological polar surface area (TPSA) is 72.9 Å². The lowest BCUT2D eigenvalue weighted by Gasteiger charge is -2.39. The highest BCUT2D eigenvalue weighted by Crippen LogP contribution is 2.26. The molecule has 1 heterocycles. The molecule has 108 valence electrons. The summed E-state index contributed by atoms with van der Waals surface area (Å²) in [5.74, 6) is -0.0834. The fourth-order valence-corrected chi connectivity index (χ4v) is 2.75. The number of nitrogens with zero attached hydrogens (tertiary/aromatic N) is 2. The van der Waals surface area contributed by atoms with Crippen molar-refractivity contribution in [2.24, 2.45) is 5.92 Å². The van der Waals surface area contributed by atoms with E-state index in [-0.39, 0.29) is 6.03 Å². The Kier molecular flexibility index (Phi) is 4.29. The van der Waals surface area contributed by atoms with Gasteiger partial charge in [0.15, 0.2) is 0 Å². The summed E-state index contributed by atoms with van der Waals surface area (Å²) in [5, 5.41) is 12.0. The summed E-state index contributed by atoms with van der Waals surface area (Å²) < 4.78 is 0. The van der Waals surface area contributed by atoms with E-state index >= 15 is 0 Å². The summed E-state index contributed by atoms with van der Waals surface area (Å²) in [5.41, 5.74) is 0. The summed E-state index contributed by atoms with van der Waals surface area (Å²) >= 11 is 0. The van der Waals surface area contributed by atoms with Gasteiger partial charge in [0.1, 0.15) is 6.04 Å². The second-order valence-corrected chi connectivity index (χ2v) is 5.76. The molecule has 1 saturated carbocycles. The Morgan fingerprint density at radius 2 is 1.79 bits per heavy atom. The van der Waals surface area contributed by atoms with Crippen LogP contribution in [0, 0.1) is 5.92 Å². The van der Waals surface area contributed by atoms with Gasteiger partial charge >= 0.3 is 12.0 Å². The fourth-order valence-electron chi connectivity index (χ4n) is 2.75. The van der Waals surface area contributed by atoms with Gasteiger partial charge in [0.2, 0.25) is 0 Å². The molecular formula is C13H23N3O3. The Morgan fingerprint density at radius 3 is 2.26 bits per heavy atom. The van der Waals surface area contributed by atoms with Gasteiger partial charge in [-0.2, -0.15) is 0 Å². The van der Waals surface area contributed by atoms with Crippen LogP contribution >= 0.6 is 0 Å². The number of carboxylic acids is 1. The van der Waals surface area contributed by atoms with Crippen molar-refractivity contribution in [2.75, 3.05) is 26.2 Å². The van der Waals surface area contributed by atoms with Gasteiger partial charge in [0.25, 0.3) is 0 Å². The van der Waals surface area contributed by atoms with Crippen LogP contribution < -0.4 is 5.32 Å². The minimum absolute atomic E-state index is 0.000437. The van der Waals surface area contributed by atoms with Crippen LogP contribution in [-0.2, 0) is 4.79 Å². The molecular weight excluding hydrogens is 246 g/mol. The van der Waals surface area contributed by atoms with Gasteiger partial charge < -0.3 is 15.3 Å². The molecule has 19 heavy (non-hydrogen) atoms. The molecule has 0 aromatic rings. The summed E-state index contributed by atoms with van der Waals surface area (Å²) in [7, 11) is 0. The number of carbonyl (C=O) groups excluding carboxylic acids is 1. The number of urea groups is 1. The van der Waals surface area contributed by atoms with Crippen molar-refractivity contribution in [1.29, 1.82) is 0 Å². The number of rotatable bonds is 3. The van der Waals surface area contributed by atoms with E-state index in [1.165, 1.54) is 0 Å². The molecule has 2 amide bonds. The highest BCUT2D eigenvalue weighted by molar-refractivity contribution is 5.75. The first-order valence-electron chi connectivity index (χ1n) is 6.99. The number of carboxylic acid groups (broad SMARTS) is 1. The molecule has 1 aliphatic heterocycles. The lowest BCUT2D eigenvalue weighted by Crippen LogP contribution is -2.57. The molecule has 6 nitrogen and oxygen atoms in total. The Hall–Kier alpha value is -1.30. The lowest BCUT2D eigenvalue weighted by atomic mass is 9.82. The van der Waals surface area contributed by atoms with Crippen LogP contribution in [0.1, 0.15) is 26.7 Å². The van der Waals surface area contributed by atoms with Gasteiger partial charge in [-0.25, -0.2) is 4.79 Å². The maximum atomic E-state index is 12.0. The number of amides is 2. The highest BCUT2D eigenvalue weighted by atomic mass is 16.4. The summed E-state index contributed by atoms with van der Waals surface area (Å²) in [6.07, 6.45) is 2.14. The molecule has 2 aliphatic rings. The van der Waals surface area contributed by atoms with Gasteiger partial charge in [-0.3, -0.25) is 9.69 Å². The number of piperazine rings is 1. The maximum Gasteiger partial charge on any atom is 0.320 e. The number of nitrogens with one attached hydrogen (secondary N) is 1. The lowest BCUT2D eigenvalue weighted by molar-refractivity contribution is -0.143. The molecule has 2 rings (SSSR count). The Labute approximate surface area is 113 Å². The molecule has 1 unspecified atom stereocenters. The molecule has 1 atom stereocenters. The SMILES string of the molecule is CC1CC(NC(=O)N2CCN(C(C)C(=O)O)CC2)C1. The smallest absolute Gasteiger partial charge is 0.320 e. The largest absolute Gasteiger partial charge is 0.480 e. The van der Waals surface area contributed by atoms with Crippen molar-refractivity contribution >= 4 is 12.0 Å². The molecule has 0 aromatic carbocycles. The molecule has 2 N–H and O–H groups in total. The highest BCUT2D eigenvalue weighted by Gasteiger charge is 2.30. The summed E-state index contributed by atoms with van der Waals surface area (Å²) in [4.78, 5) is 26.6. The third-order valence-electron chi connectivity index (χ3n) is 4.21. The number of hydrogen-bond donors (Lipinski definition) is 2. The first kappa shape index (κ1) is 14.1. The summed E-state index contributed by atoms with van der Waals surface area (Å²) in [6, 6.07) is -0.143. The molecule has 0 spiro atoms. The van der Waals surface area contributed by atoms with E-state index in [0.717, 1.165) is 18.8 Å². The first-order chi connectivity index (χ1) is 8.97. The van der Waals surface area contributed by atoms with E-state index in [2.05, 4.69) is 12.2 Å². The van der Waals surface area contributed by atoms with Gasteiger partial charge in [-0.15, -0.1) is 0 Å². The number of hydrogen-bond acceptors (Lipinski definition) is 3. The molecule has 0 aromatic heterocycles. The fraction of sp³-hybridized carbons (Fsp3) is 0.846. The Balaban J connectivity index is 1.73. The number of aliphatic carboxylic acids is 1. The normalized spacial score (nSPS) is 29.5. The van der Waals surface area contributed by atoms with Gasteiger partial charge in [0, 0.05) is 32.2 Å². The van der Waals surface area contributed by atoms with E-state index in [0.29, 0.717) is 32.2 Å². The molecule has 1 saturated heterocycles. The molecule has 0 bridgehead atoms. The van der Waals surface area contributed by atoms with E-state index in [4.69, 9.17) is 5.11 Å². The van der Waals surface area contributed by atoms with E-state index < -0.39 is 12.0 Å². The minimum Gasteiger partial charge on any atom is -0.480 e. The Morgan fingerprint density at radius 1 is 1.21 bits per heavy atom. The molecule has 2 fully saturated rings. The van der Waals surface area contributed by atoms with Crippen LogP contribution in [0.5, 0.6) is 0 Å². The van der Waals surface area contributed by atoms with Gasteiger partial charge in [-0.1, -0.05) is 6.92 Å². The third-order valence-corrected chi connectivity index (χ3v) is 4.21. The van der Waals surface area contributed by atoms with Crippen LogP contribution in [0.3, 0.4) is 0 Å². The maximum absolute atomic E-state index is 12.0. The monoisotopic (exact) mass is 269 g/mol. The number of carbonyl (C=O) groups is 2. The second kappa shape index (κ2) is 5.77. The molecule has 0 radical (unpaired) electrons. The second-order valence-electron chi connectivity index (χ2n) is 5.76. The molecule has 1 aliphatic carbocycles. The van der Waals surface area contributed by atoms with Crippen LogP contribution in [-0.4, -0.2) is 65.2 Å². The van der Waals surface area contributed by atoms with Crippen LogP contribution in [0.2, 0.25) is 0 Å². The quantitative estimate of drug-likeness (QED) is 0.786. The van der Waals surface area contributed by atoms with Crippen molar-refractivity contribution in [2.45, 2.75) is 38.8 Å². The predicted molar refractivity (Wildman–Crippen MR) is 71.0 cm³/mol. The average Bonchev–Trinajstić information content (AvgIpc) is 2.36.